The van der Waals surface area contributed by atoms with Crippen LogP contribution in [0.2, 0.25) is 0 Å². The molecular formula is C25H28N6O. The molecule has 1 unspecified atom stereocenters. The van der Waals surface area contributed by atoms with E-state index in [-0.39, 0.29) is 5.91 Å². The van der Waals surface area contributed by atoms with Gasteiger partial charge in [0, 0.05) is 36.5 Å². The molecule has 0 aliphatic carbocycles. The fraction of sp³-hybridized carbons (Fsp3) is 0.240. The lowest BCUT2D eigenvalue weighted by molar-refractivity contribution is 0.102. The number of pyridine rings is 1. The lowest BCUT2D eigenvalue weighted by Crippen LogP contribution is -2.35. The van der Waals surface area contributed by atoms with Gasteiger partial charge < -0.3 is 21.3 Å². The molecule has 4 N–H and O–H groups in total. The number of likely N-dealkylation sites (N-methyl/N-ethyl adjacent to an activating group) is 1. The average Bonchev–Trinajstić information content (AvgIpc) is 2.78. The Labute approximate surface area is 188 Å². The quantitative estimate of drug-likeness (QED) is 0.474. The first-order chi connectivity index (χ1) is 15.4. The first kappa shape index (κ1) is 22.9. The summed E-state index contributed by atoms with van der Waals surface area (Å²) in [6, 6.07) is 18.5. The van der Waals surface area contributed by atoms with Gasteiger partial charge in [0.05, 0.1) is 22.6 Å². The topological polar surface area (TPSA) is 107 Å². The third kappa shape index (κ3) is 5.91. The Hall–Kier alpha value is -3.73. The van der Waals surface area contributed by atoms with Gasteiger partial charge in [-0.3, -0.25) is 9.78 Å². The van der Waals surface area contributed by atoms with Crippen molar-refractivity contribution in [1.29, 1.82) is 5.26 Å². The fourth-order valence-corrected chi connectivity index (χ4v) is 3.41. The van der Waals surface area contributed by atoms with Crippen molar-refractivity contribution in [1.82, 2.24) is 15.2 Å². The minimum Gasteiger partial charge on any atom is -0.397 e. The Bertz CT molecular complexity index is 1120. The molecule has 164 valence electrons. The largest absolute Gasteiger partial charge is 0.397 e. The number of nitrogens with zero attached hydrogens (tertiary/aromatic N) is 3. The number of para-hydroxylation sites is 2. The third-order valence-corrected chi connectivity index (χ3v) is 4.99. The van der Waals surface area contributed by atoms with Crippen LogP contribution in [0.25, 0.3) is 11.3 Å². The molecule has 1 amide bonds. The lowest BCUT2D eigenvalue weighted by atomic mass is 10.0. The van der Waals surface area contributed by atoms with Crippen molar-refractivity contribution in [2.24, 2.45) is 0 Å². The average molecular weight is 429 g/mol. The summed E-state index contributed by atoms with van der Waals surface area (Å²) < 4.78 is 0. The number of carbonyl (C=O) groups excluding carboxylic acids is 1. The first-order valence-electron chi connectivity index (χ1n) is 10.4. The van der Waals surface area contributed by atoms with Gasteiger partial charge in [-0.05, 0) is 56.9 Å². The van der Waals surface area contributed by atoms with Gasteiger partial charge in [-0.15, -0.1) is 0 Å². The SMILES string of the molecule is CC(CN(C)C)NCc1cnc(-c2ccc(C(=O)Nc3ccccc3N)cc2)c(C#N)c1. The summed E-state index contributed by atoms with van der Waals surface area (Å²) in [4.78, 5) is 19.2. The number of aromatic nitrogens is 1. The Kier molecular flexibility index (Phi) is 7.55. The number of benzene rings is 2. The number of anilines is 2. The summed E-state index contributed by atoms with van der Waals surface area (Å²) in [5.41, 5.74) is 10.3. The number of hydrogen-bond acceptors (Lipinski definition) is 6. The molecule has 0 saturated carbocycles. The molecule has 32 heavy (non-hydrogen) atoms. The summed E-state index contributed by atoms with van der Waals surface area (Å²) in [7, 11) is 4.07. The zero-order valence-electron chi connectivity index (χ0n) is 18.6. The van der Waals surface area contributed by atoms with Crippen molar-refractivity contribution in [3.63, 3.8) is 0 Å². The number of nitriles is 1. The van der Waals surface area contributed by atoms with E-state index in [1.54, 1.807) is 42.6 Å². The van der Waals surface area contributed by atoms with Gasteiger partial charge in [-0.1, -0.05) is 24.3 Å². The Morgan fingerprint density at radius 3 is 2.56 bits per heavy atom. The molecule has 3 rings (SSSR count). The van der Waals surface area contributed by atoms with Crippen molar-refractivity contribution in [3.8, 4) is 17.3 Å². The third-order valence-electron chi connectivity index (χ3n) is 4.99. The second kappa shape index (κ2) is 10.5. The van der Waals surface area contributed by atoms with Gasteiger partial charge in [-0.2, -0.15) is 5.26 Å². The summed E-state index contributed by atoms with van der Waals surface area (Å²) >= 11 is 0. The smallest absolute Gasteiger partial charge is 0.255 e. The van der Waals surface area contributed by atoms with Crippen LogP contribution in [0.1, 0.15) is 28.4 Å². The Morgan fingerprint density at radius 1 is 1.19 bits per heavy atom. The highest BCUT2D eigenvalue weighted by Crippen LogP contribution is 2.23. The van der Waals surface area contributed by atoms with Crippen LogP contribution >= 0.6 is 0 Å². The lowest BCUT2D eigenvalue weighted by Gasteiger charge is -2.18. The number of amides is 1. The zero-order valence-corrected chi connectivity index (χ0v) is 18.6. The minimum absolute atomic E-state index is 0.254. The van der Waals surface area contributed by atoms with E-state index in [0.717, 1.165) is 17.7 Å². The second-order valence-corrected chi connectivity index (χ2v) is 8.01. The molecule has 2 aromatic carbocycles. The van der Waals surface area contributed by atoms with E-state index in [1.807, 2.05) is 32.3 Å². The monoisotopic (exact) mass is 428 g/mol. The van der Waals surface area contributed by atoms with Crippen LogP contribution < -0.4 is 16.4 Å². The van der Waals surface area contributed by atoms with E-state index in [2.05, 4.69) is 33.5 Å². The second-order valence-electron chi connectivity index (χ2n) is 8.01. The van der Waals surface area contributed by atoms with Gasteiger partial charge in [0.1, 0.15) is 6.07 Å². The van der Waals surface area contributed by atoms with E-state index in [9.17, 15) is 10.1 Å². The van der Waals surface area contributed by atoms with Crippen molar-refractivity contribution < 1.29 is 4.79 Å². The molecule has 1 aromatic heterocycles. The highest BCUT2D eigenvalue weighted by Gasteiger charge is 2.12. The van der Waals surface area contributed by atoms with Crippen molar-refractivity contribution in [3.05, 3.63) is 77.5 Å². The Balaban J connectivity index is 1.71. The van der Waals surface area contributed by atoms with Gasteiger partial charge in [0.2, 0.25) is 0 Å². The van der Waals surface area contributed by atoms with E-state index in [1.165, 1.54) is 0 Å². The number of nitrogens with two attached hydrogens (primary N) is 1. The zero-order chi connectivity index (χ0) is 23.1. The first-order valence-corrected chi connectivity index (χ1v) is 10.4. The maximum atomic E-state index is 12.5. The molecular weight excluding hydrogens is 400 g/mol. The maximum Gasteiger partial charge on any atom is 0.255 e. The van der Waals surface area contributed by atoms with Gasteiger partial charge in [0.25, 0.3) is 5.91 Å². The molecule has 1 atom stereocenters. The molecule has 0 bridgehead atoms. The number of carbonyl (C=O) groups is 1. The standard InChI is InChI=1S/C25H28N6O/c1-17(16-31(2)3)28-14-18-12-21(13-26)24(29-15-18)19-8-10-20(11-9-19)25(32)30-23-7-5-4-6-22(23)27/h4-12,15,17,28H,14,16,27H2,1-3H3,(H,30,32). The molecule has 0 aliphatic heterocycles. The maximum absolute atomic E-state index is 12.5. The predicted molar refractivity (Wildman–Crippen MR) is 128 cm³/mol. The molecule has 7 nitrogen and oxygen atoms in total. The molecule has 0 radical (unpaired) electrons. The summed E-state index contributed by atoms with van der Waals surface area (Å²) in [5, 5.41) is 15.9. The fourth-order valence-electron chi connectivity index (χ4n) is 3.41. The predicted octanol–water partition coefficient (Wildman–Crippen LogP) is 3.49. The van der Waals surface area contributed by atoms with E-state index < -0.39 is 0 Å². The molecule has 3 aromatic rings. The summed E-state index contributed by atoms with van der Waals surface area (Å²) in [5.74, 6) is -0.254. The molecule has 0 fully saturated rings. The van der Waals surface area contributed by atoms with Gasteiger partial charge in [-0.25, -0.2) is 0 Å². The number of hydrogen-bond donors (Lipinski definition) is 3. The van der Waals surface area contributed by atoms with E-state index in [0.29, 0.717) is 40.8 Å². The number of rotatable bonds is 8. The van der Waals surface area contributed by atoms with Crippen LogP contribution in [-0.2, 0) is 6.54 Å². The highest BCUT2D eigenvalue weighted by atomic mass is 16.1. The van der Waals surface area contributed by atoms with E-state index in [4.69, 9.17) is 5.73 Å². The van der Waals surface area contributed by atoms with Crippen LogP contribution in [0.15, 0.2) is 60.8 Å². The molecule has 0 saturated heterocycles. The minimum atomic E-state index is -0.254. The highest BCUT2D eigenvalue weighted by molar-refractivity contribution is 6.05. The van der Waals surface area contributed by atoms with Crippen molar-refractivity contribution >= 4 is 17.3 Å². The number of nitrogen functional groups attached to an aromatic ring is 1. The number of nitrogens with one attached hydrogen (secondary N) is 2. The Morgan fingerprint density at radius 2 is 1.91 bits per heavy atom. The summed E-state index contributed by atoms with van der Waals surface area (Å²) in [6.45, 7) is 3.68. The van der Waals surface area contributed by atoms with Crippen LogP contribution in [0.4, 0.5) is 11.4 Å². The molecule has 1 heterocycles. The van der Waals surface area contributed by atoms with Crippen LogP contribution in [0.5, 0.6) is 0 Å². The van der Waals surface area contributed by atoms with Gasteiger partial charge >= 0.3 is 0 Å². The molecule has 7 heteroatoms. The van der Waals surface area contributed by atoms with E-state index >= 15 is 0 Å². The molecule has 0 spiro atoms. The van der Waals surface area contributed by atoms with Crippen LogP contribution in [-0.4, -0.2) is 42.5 Å². The normalized spacial score (nSPS) is 11.7. The van der Waals surface area contributed by atoms with Crippen molar-refractivity contribution in [2.75, 3.05) is 31.7 Å². The van der Waals surface area contributed by atoms with Crippen molar-refractivity contribution in [2.45, 2.75) is 19.5 Å². The van der Waals surface area contributed by atoms with Crippen LogP contribution in [0.3, 0.4) is 0 Å². The molecule has 0 aliphatic rings. The van der Waals surface area contributed by atoms with Crippen LogP contribution in [0, 0.1) is 11.3 Å². The summed E-state index contributed by atoms with van der Waals surface area (Å²) in [6.07, 6.45) is 1.78. The van der Waals surface area contributed by atoms with Gasteiger partial charge in [0.15, 0.2) is 0 Å².